The molecule has 2 aromatic rings. The molecule has 0 spiro atoms. The number of carboxylic acid groups (broad SMARTS) is 1. The van der Waals surface area contributed by atoms with Gasteiger partial charge in [0.25, 0.3) is 10.1 Å². The smallest absolute Gasteiger partial charge is 0.304 e. The molecule has 0 radical (unpaired) electrons. The minimum Gasteiger partial charge on any atom is -0.485 e. The van der Waals surface area contributed by atoms with Crippen molar-refractivity contribution in [3.63, 3.8) is 0 Å². The van der Waals surface area contributed by atoms with Gasteiger partial charge in [0.1, 0.15) is 11.9 Å². The van der Waals surface area contributed by atoms with E-state index in [4.69, 9.17) is 4.74 Å². The lowest BCUT2D eigenvalue weighted by molar-refractivity contribution is -0.444. The van der Waals surface area contributed by atoms with Gasteiger partial charge in [-0.2, -0.15) is 13.0 Å². The number of rotatable bonds is 5. The van der Waals surface area contributed by atoms with Gasteiger partial charge in [0, 0.05) is 53.4 Å². The number of anilines is 1. The Hall–Kier alpha value is -3.17. The summed E-state index contributed by atoms with van der Waals surface area (Å²) in [4.78, 5) is 14.4. The maximum atomic E-state index is 12.2. The molecule has 9 heteroatoms. The highest BCUT2D eigenvalue weighted by molar-refractivity contribution is 7.85. The van der Waals surface area contributed by atoms with E-state index in [1.165, 1.54) is 0 Å². The minimum absolute atomic E-state index is 0.0344. The molecule has 6 rings (SSSR count). The lowest BCUT2D eigenvalue weighted by Gasteiger charge is -2.48. The van der Waals surface area contributed by atoms with Crippen LogP contribution in [-0.2, 0) is 20.3 Å². The van der Waals surface area contributed by atoms with Gasteiger partial charge in [0.05, 0.1) is 23.2 Å². The molecule has 0 aliphatic carbocycles. The molecule has 0 bridgehead atoms. The molecule has 3 atom stereocenters. The first-order valence-electron chi connectivity index (χ1n) is 14.0. The summed E-state index contributed by atoms with van der Waals surface area (Å²) in [6.45, 7) is 11.8. The van der Waals surface area contributed by atoms with Crippen LogP contribution in [0.5, 0.6) is 5.75 Å². The van der Waals surface area contributed by atoms with Crippen molar-refractivity contribution in [2.24, 2.45) is 0 Å². The molecule has 0 amide bonds. The van der Waals surface area contributed by atoms with E-state index in [1.54, 1.807) is 0 Å². The maximum absolute atomic E-state index is 12.2. The second-order valence-corrected chi connectivity index (χ2v) is 14.1. The summed E-state index contributed by atoms with van der Waals surface area (Å²) in [5, 5.41) is 9.97. The van der Waals surface area contributed by atoms with E-state index >= 15 is 0 Å². The second kappa shape index (κ2) is 8.91. The van der Waals surface area contributed by atoms with Crippen LogP contribution >= 0.6 is 0 Å². The first-order valence-corrected chi connectivity index (χ1v) is 15.6. The number of hydrogen-bond donors (Lipinski definition) is 2. The van der Waals surface area contributed by atoms with Gasteiger partial charge in [-0.15, -0.1) is 0 Å². The van der Waals surface area contributed by atoms with Crippen LogP contribution in [-0.4, -0.2) is 64.8 Å². The third kappa shape index (κ3) is 4.16. The molecule has 0 saturated carbocycles. The van der Waals surface area contributed by atoms with Gasteiger partial charge in [-0.25, -0.2) is 0 Å². The van der Waals surface area contributed by atoms with Gasteiger partial charge in [-0.05, 0) is 64.8 Å². The number of carbonyl (C=O) groups is 1. The van der Waals surface area contributed by atoms with Crippen LogP contribution in [0.4, 0.5) is 11.4 Å². The number of aryl methyl sites for hydroxylation is 1. The average Bonchev–Trinajstić information content (AvgIpc) is 3.07. The Kier molecular flexibility index (Phi) is 6.02. The minimum atomic E-state index is -4.19. The van der Waals surface area contributed by atoms with E-state index in [2.05, 4.69) is 54.5 Å². The fourth-order valence-electron chi connectivity index (χ4n) is 7.75. The van der Waals surface area contributed by atoms with Crippen LogP contribution in [0.15, 0.2) is 35.9 Å². The van der Waals surface area contributed by atoms with Crippen molar-refractivity contribution in [1.82, 2.24) is 0 Å². The van der Waals surface area contributed by atoms with E-state index in [9.17, 15) is 22.9 Å². The predicted octanol–water partition coefficient (Wildman–Crippen LogP) is 5.05. The van der Waals surface area contributed by atoms with E-state index in [-0.39, 0.29) is 29.7 Å². The van der Waals surface area contributed by atoms with E-state index in [1.807, 2.05) is 26.0 Å². The number of nitrogens with zero attached hydrogens (tertiary/aromatic N) is 2. The molecule has 4 aliphatic heterocycles. The molecule has 2 aromatic carbocycles. The lowest BCUT2D eigenvalue weighted by Crippen LogP contribution is -2.49. The summed E-state index contributed by atoms with van der Waals surface area (Å²) in [7, 11) is -4.19. The zero-order chi connectivity index (χ0) is 28.8. The first-order chi connectivity index (χ1) is 18.7. The Balaban J connectivity index is 1.53. The standard InChI is InChI=1S/C31H36N2O6S/c1-6-33-25-14-27-19(12-21(25)20(15-30(33,3)4)17-40(36,37)38)13-22-26(39-27)9-10-32-24-8-7-18(2)11-23(24)31(5,29(22)32)16-28(34)35/h7-8,11-14,20,26H,6,9-10,15-17H2,1-5H3,(H-,34,35,36,37,38)/p+1. The molecule has 4 aliphatic rings. The summed E-state index contributed by atoms with van der Waals surface area (Å²) in [6, 6.07) is 10.3. The van der Waals surface area contributed by atoms with Crippen molar-refractivity contribution in [2.45, 2.75) is 76.9 Å². The predicted molar refractivity (Wildman–Crippen MR) is 155 cm³/mol. The summed E-state index contributed by atoms with van der Waals surface area (Å²) >= 11 is 0. The van der Waals surface area contributed by atoms with Gasteiger partial charge in [-0.3, -0.25) is 9.35 Å². The largest absolute Gasteiger partial charge is 0.485 e. The number of fused-ring (bicyclic) bond motifs is 6. The highest BCUT2D eigenvalue weighted by atomic mass is 32.2. The molecule has 0 saturated heterocycles. The normalized spacial score (nSPS) is 26.1. The van der Waals surface area contributed by atoms with Crippen molar-refractivity contribution in [2.75, 3.05) is 23.7 Å². The molecular weight excluding hydrogens is 528 g/mol. The van der Waals surface area contributed by atoms with Gasteiger partial charge in [0.2, 0.25) is 5.69 Å². The Labute approximate surface area is 235 Å². The van der Waals surface area contributed by atoms with Crippen molar-refractivity contribution >= 4 is 39.2 Å². The summed E-state index contributed by atoms with van der Waals surface area (Å²) < 4.78 is 42.7. The Morgan fingerprint density at radius 3 is 2.62 bits per heavy atom. The molecule has 212 valence electrons. The fraction of sp³-hybridized carbons (Fsp3) is 0.484. The number of benzene rings is 2. The molecule has 8 nitrogen and oxygen atoms in total. The zero-order valence-corrected chi connectivity index (χ0v) is 24.5. The van der Waals surface area contributed by atoms with Gasteiger partial charge in [0.15, 0.2) is 12.3 Å². The van der Waals surface area contributed by atoms with Crippen LogP contribution in [0.25, 0.3) is 6.08 Å². The highest BCUT2D eigenvalue weighted by Crippen LogP contribution is 2.51. The topological polar surface area (TPSA) is 107 Å². The van der Waals surface area contributed by atoms with Gasteiger partial charge >= 0.3 is 5.97 Å². The van der Waals surface area contributed by atoms with Gasteiger partial charge < -0.3 is 14.7 Å². The molecule has 0 aromatic heterocycles. The highest BCUT2D eigenvalue weighted by Gasteiger charge is 2.55. The Morgan fingerprint density at radius 1 is 1.20 bits per heavy atom. The third-order valence-electron chi connectivity index (χ3n) is 9.24. The number of ether oxygens (including phenoxy) is 1. The summed E-state index contributed by atoms with van der Waals surface area (Å²) in [5.41, 5.74) is 6.77. The second-order valence-electron chi connectivity index (χ2n) is 12.6. The molecule has 2 N–H and O–H groups in total. The zero-order valence-electron chi connectivity index (χ0n) is 23.7. The van der Waals surface area contributed by atoms with Crippen molar-refractivity contribution in [3.8, 4) is 5.75 Å². The molecule has 3 unspecified atom stereocenters. The van der Waals surface area contributed by atoms with Crippen LogP contribution in [0.2, 0.25) is 0 Å². The van der Waals surface area contributed by atoms with Crippen LogP contribution in [0, 0.1) is 6.92 Å². The van der Waals surface area contributed by atoms with Crippen LogP contribution < -0.4 is 9.64 Å². The Bertz CT molecular complexity index is 1620. The first kappa shape index (κ1) is 27.0. The van der Waals surface area contributed by atoms with E-state index < -0.39 is 21.5 Å². The molecule has 4 heterocycles. The maximum Gasteiger partial charge on any atom is 0.304 e. The van der Waals surface area contributed by atoms with Crippen LogP contribution in [0.1, 0.15) is 75.1 Å². The number of aliphatic carboxylic acids is 1. The van der Waals surface area contributed by atoms with E-state index in [0.29, 0.717) is 6.42 Å². The Morgan fingerprint density at radius 2 is 1.95 bits per heavy atom. The fourth-order valence-corrected chi connectivity index (χ4v) is 8.56. The third-order valence-corrected chi connectivity index (χ3v) is 10.1. The lowest BCUT2D eigenvalue weighted by atomic mass is 9.71. The van der Waals surface area contributed by atoms with Crippen molar-refractivity contribution in [1.29, 1.82) is 0 Å². The molecular formula is C31H37N2O6S+. The quantitative estimate of drug-likeness (QED) is 0.386. The molecule has 40 heavy (non-hydrogen) atoms. The molecule has 0 fully saturated rings. The van der Waals surface area contributed by atoms with E-state index in [0.717, 1.165) is 70.2 Å². The summed E-state index contributed by atoms with van der Waals surface area (Å²) in [5.74, 6) is -0.810. The average molecular weight is 566 g/mol. The van der Waals surface area contributed by atoms with Crippen molar-refractivity contribution in [3.05, 3.63) is 58.2 Å². The van der Waals surface area contributed by atoms with Crippen LogP contribution in [0.3, 0.4) is 0 Å². The van der Waals surface area contributed by atoms with Gasteiger partial charge in [-0.1, -0.05) is 11.6 Å². The van der Waals surface area contributed by atoms with Crippen molar-refractivity contribution < 1.29 is 32.2 Å². The number of carboxylic acids is 1. The number of hydrogen-bond acceptors (Lipinski definition) is 5. The monoisotopic (exact) mass is 565 g/mol. The summed E-state index contributed by atoms with van der Waals surface area (Å²) in [6.07, 6.45) is 3.22. The SMILES string of the molecule is CCN1c2cc3c(cc2C(CS(=O)(=O)O)CC1(C)C)C=C1C2=[N+](CCC1O3)c1ccc(C)cc1C2(C)CC(=O)O.